The van der Waals surface area contributed by atoms with Gasteiger partial charge in [-0.15, -0.1) is 0 Å². The van der Waals surface area contributed by atoms with E-state index in [0.717, 1.165) is 49.6 Å². The molecule has 0 aliphatic heterocycles. The average molecular weight is 428 g/mol. The zero-order valence-corrected chi connectivity index (χ0v) is 19.1. The molecule has 6 atom stereocenters. The summed E-state index contributed by atoms with van der Waals surface area (Å²) in [5.41, 5.74) is 8.02. The molecule has 1 aromatic heterocycles. The molecule has 0 amide bonds. The topological polar surface area (TPSA) is 90.7 Å². The fraction of sp³-hybridized carbons (Fsp3) is 0.800. The summed E-state index contributed by atoms with van der Waals surface area (Å²) in [4.78, 5) is 18.3. The van der Waals surface area contributed by atoms with Crippen LogP contribution in [0.4, 0.5) is 0 Å². The molecule has 4 aliphatic carbocycles. The predicted octanol–water partition coefficient (Wildman–Crippen LogP) is 4.66. The zero-order valence-electron chi connectivity index (χ0n) is 19.1. The number of rotatable bonds is 5. The monoisotopic (exact) mass is 427 g/mol. The van der Waals surface area contributed by atoms with E-state index < -0.39 is 0 Å². The van der Waals surface area contributed by atoms with Gasteiger partial charge in [0.1, 0.15) is 12.4 Å². The predicted molar refractivity (Wildman–Crippen MR) is 118 cm³/mol. The number of oxime groups is 1. The minimum atomic E-state index is -0.0196. The molecule has 2 N–H and O–H groups in total. The standard InChI is InChI=1S/C25H37N3O3/c1-24-10-7-17(27-30-12-9-18-14-19(15-26)31-28-18)13-16(24)3-4-20-21-5-6-23(29)25(21,2)11-8-22(20)24/h14,16,20-22H,3-13,15,26H2,1-2H3/t16?,20?,21?,22?,24-,25-/m0/s1. The summed E-state index contributed by atoms with van der Waals surface area (Å²) < 4.78 is 5.13. The number of ketones is 1. The van der Waals surface area contributed by atoms with Crippen molar-refractivity contribution in [2.75, 3.05) is 6.61 Å². The van der Waals surface area contributed by atoms with E-state index in [0.29, 0.717) is 48.4 Å². The van der Waals surface area contributed by atoms with E-state index in [9.17, 15) is 4.79 Å². The summed E-state index contributed by atoms with van der Waals surface area (Å²) in [5.74, 6) is 4.11. The van der Waals surface area contributed by atoms with Gasteiger partial charge in [-0.05, 0) is 80.5 Å². The number of aromatic nitrogens is 1. The second-order valence-electron chi connectivity index (χ2n) is 11.0. The van der Waals surface area contributed by atoms with Crippen LogP contribution in [0.2, 0.25) is 0 Å². The van der Waals surface area contributed by atoms with E-state index in [4.69, 9.17) is 15.1 Å². The molecule has 4 saturated carbocycles. The van der Waals surface area contributed by atoms with Crippen LogP contribution in [-0.2, 0) is 22.6 Å². The van der Waals surface area contributed by atoms with E-state index in [1.807, 2.05) is 6.07 Å². The Morgan fingerprint density at radius 3 is 2.87 bits per heavy atom. The van der Waals surface area contributed by atoms with Crippen molar-refractivity contribution in [2.24, 2.45) is 45.4 Å². The van der Waals surface area contributed by atoms with Gasteiger partial charge in [0, 0.05) is 24.3 Å². The minimum Gasteiger partial charge on any atom is -0.395 e. The number of hydrogen-bond acceptors (Lipinski definition) is 6. The van der Waals surface area contributed by atoms with Gasteiger partial charge in [-0.25, -0.2) is 0 Å². The highest BCUT2D eigenvalue weighted by Gasteiger charge is 2.60. The van der Waals surface area contributed by atoms with Crippen LogP contribution in [0, 0.1) is 34.5 Å². The van der Waals surface area contributed by atoms with E-state index in [1.165, 1.54) is 31.4 Å². The molecule has 4 unspecified atom stereocenters. The molecule has 0 spiro atoms. The Kier molecular flexibility index (Phi) is 5.48. The van der Waals surface area contributed by atoms with Crippen LogP contribution in [0.15, 0.2) is 15.7 Å². The Morgan fingerprint density at radius 2 is 2.06 bits per heavy atom. The lowest BCUT2D eigenvalue weighted by Crippen LogP contribution is -2.53. The number of fused-ring (bicyclic) bond motifs is 5. The third-order valence-electron chi connectivity index (χ3n) is 9.66. The molecule has 4 fully saturated rings. The Balaban J connectivity index is 1.19. The van der Waals surface area contributed by atoms with Gasteiger partial charge in [-0.2, -0.15) is 0 Å². The Bertz CT molecular complexity index is 864. The summed E-state index contributed by atoms with van der Waals surface area (Å²) in [6, 6.07) is 1.88. The molecule has 170 valence electrons. The third-order valence-corrected chi connectivity index (χ3v) is 9.66. The van der Waals surface area contributed by atoms with Gasteiger partial charge in [0.2, 0.25) is 0 Å². The van der Waals surface area contributed by atoms with Crippen molar-refractivity contribution in [1.82, 2.24) is 5.16 Å². The highest BCUT2D eigenvalue weighted by Crippen LogP contribution is 2.65. The number of nitrogens with zero attached hydrogens (tertiary/aromatic N) is 2. The van der Waals surface area contributed by atoms with Crippen LogP contribution in [0.25, 0.3) is 0 Å². The first-order valence-corrected chi connectivity index (χ1v) is 12.3. The first kappa shape index (κ1) is 21.2. The molecule has 6 heteroatoms. The molecular weight excluding hydrogens is 390 g/mol. The molecule has 4 aliphatic rings. The van der Waals surface area contributed by atoms with E-state index in [-0.39, 0.29) is 5.41 Å². The minimum absolute atomic E-state index is 0.0196. The molecule has 0 radical (unpaired) electrons. The lowest BCUT2D eigenvalue weighted by molar-refractivity contribution is -0.137. The van der Waals surface area contributed by atoms with Crippen molar-refractivity contribution in [3.05, 3.63) is 17.5 Å². The van der Waals surface area contributed by atoms with Gasteiger partial charge in [0.25, 0.3) is 0 Å². The van der Waals surface area contributed by atoms with Crippen LogP contribution in [0.1, 0.15) is 83.1 Å². The van der Waals surface area contributed by atoms with Crippen LogP contribution in [-0.4, -0.2) is 23.3 Å². The number of Topliss-reactive ketones (excluding diaryl/α,β-unsaturated/α-hetero) is 1. The summed E-state index contributed by atoms with van der Waals surface area (Å²) in [5, 5.41) is 8.52. The summed E-state index contributed by atoms with van der Waals surface area (Å²) in [7, 11) is 0. The normalized spacial score (nSPS) is 41.0. The van der Waals surface area contributed by atoms with Gasteiger partial charge < -0.3 is 15.1 Å². The Labute approximate surface area is 185 Å². The number of hydrogen-bond donors (Lipinski definition) is 1. The lowest BCUT2D eigenvalue weighted by Gasteiger charge is -2.59. The van der Waals surface area contributed by atoms with Crippen molar-refractivity contribution >= 4 is 11.5 Å². The Hall–Kier alpha value is -1.69. The molecule has 6 nitrogen and oxygen atoms in total. The molecule has 0 saturated heterocycles. The maximum absolute atomic E-state index is 12.6. The first-order chi connectivity index (χ1) is 14.9. The average Bonchev–Trinajstić information content (AvgIpc) is 3.35. The highest BCUT2D eigenvalue weighted by molar-refractivity contribution is 5.87. The molecule has 31 heavy (non-hydrogen) atoms. The maximum Gasteiger partial charge on any atom is 0.150 e. The van der Waals surface area contributed by atoms with Crippen molar-refractivity contribution in [2.45, 2.75) is 84.6 Å². The second-order valence-corrected chi connectivity index (χ2v) is 11.0. The van der Waals surface area contributed by atoms with Crippen molar-refractivity contribution in [3.8, 4) is 0 Å². The largest absolute Gasteiger partial charge is 0.395 e. The molecule has 1 aromatic rings. The van der Waals surface area contributed by atoms with Crippen LogP contribution in [0.3, 0.4) is 0 Å². The Morgan fingerprint density at radius 1 is 1.19 bits per heavy atom. The van der Waals surface area contributed by atoms with E-state index in [2.05, 4.69) is 24.2 Å². The summed E-state index contributed by atoms with van der Waals surface area (Å²) >= 11 is 0. The maximum atomic E-state index is 12.6. The highest BCUT2D eigenvalue weighted by atomic mass is 16.6. The van der Waals surface area contributed by atoms with Gasteiger partial charge in [-0.3, -0.25) is 4.79 Å². The first-order valence-electron chi connectivity index (χ1n) is 12.3. The lowest BCUT2D eigenvalue weighted by atomic mass is 9.45. The van der Waals surface area contributed by atoms with Crippen molar-refractivity contribution < 1.29 is 14.2 Å². The van der Waals surface area contributed by atoms with Crippen molar-refractivity contribution in [3.63, 3.8) is 0 Å². The smallest absolute Gasteiger partial charge is 0.150 e. The zero-order chi connectivity index (χ0) is 21.6. The number of carbonyl (C=O) groups excluding carboxylic acids is 1. The quantitative estimate of drug-likeness (QED) is 0.545. The second kappa shape index (κ2) is 8.02. The number of carbonyl (C=O) groups is 1. The molecule has 0 bridgehead atoms. The number of nitrogens with two attached hydrogens (primary N) is 1. The SMILES string of the molecule is C[C@]12CCC(=NOCCc3cc(CN)on3)CC1CCC1C2CC[C@]2(C)C(=O)CCC12. The van der Waals surface area contributed by atoms with Crippen molar-refractivity contribution in [1.29, 1.82) is 0 Å². The molecule has 5 rings (SSSR count). The molecule has 1 heterocycles. The summed E-state index contributed by atoms with van der Waals surface area (Å²) in [6.45, 7) is 5.71. The van der Waals surface area contributed by atoms with Crippen LogP contribution < -0.4 is 5.73 Å². The van der Waals surface area contributed by atoms with Gasteiger partial charge in [-0.1, -0.05) is 24.2 Å². The van der Waals surface area contributed by atoms with Gasteiger partial charge in [0.05, 0.1) is 18.0 Å². The van der Waals surface area contributed by atoms with Gasteiger partial charge >= 0.3 is 0 Å². The summed E-state index contributed by atoms with van der Waals surface area (Å²) in [6.07, 6.45) is 10.9. The molecular formula is C25H37N3O3. The molecule has 0 aromatic carbocycles. The van der Waals surface area contributed by atoms with Crippen LogP contribution >= 0.6 is 0 Å². The fourth-order valence-corrected chi connectivity index (χ4v) is 7.77. The van der Waals surface area contributed by atoms with Crippen LogP contribution in [0.5, 0.6) is 0 Å². The van der Waals surface area contributed by atoms with E-state index in [1.54, 1.807) is 0 Å². The fourth-order valence-electron chi connectivity index (χ4n) is 7.77. The van der Waals surface area contributed by atoms with Gasteiger partial charge in [0.15, 0.2) is 5.76 Å². The third kappa shape index (κ3) is 3.55. The van der Waals surface area contributed by atoms with E-state index >= 15 is 0 Å².